The van der Waals surface area contributed by atoms with Crippen LogP contribution in [0.15, 0.2) is 41.5 Å². The van der Waals surface area contributed by atoms with Crippen molar-refractivity contribution in [1.29, 1.82) is 0 Å². The molecule has 5 heteroatoms. The lowest BCUT2D eigenvalue weighted by Crippen LogP contribution is -2.25. The minimum Gasteiger partial charge on any atom is -0.334 e. The summed E-state index contributed by atoms with van der Waals surface area (Å²) in [5, 5.41) is 0. The highest BCUT2D eigenvalue weighted by Crippen LogP contribution is 2.14. The number of hydrogen-bond acceptors (Lipinski definition) is 2. The number of hydrogen-bond donors (Lipinski definition) is 0. The van der Waals surface area contributed by atoms with Gasteiger partial charge in [-0.1, -0.05) is 12.1 Å². The average Bonchev–Trinajstić information content (AvgIpc) is 3.03. The second-order valence-electron chi connectivity index (χ2n) is 4.73. The smallest absolute Gasteiger partial charge is 0.329 e. The molecule has 0 fully saturated rings. The molecule has 0 amide bonds. The van der Waals surface area contributed by atoms with E-state index in [1.807, 2.05) is 37.4 Å². The van der Waals surface area contributed by atoms with Crippen LogP contribution in [0.3, 0.4) is 0 Å². The number of fused-ring (bicyclic) bond motifs is 1. The molecule has 0 aliphatic carbocycles. The number of nitrogens with zero attached hydrogens (tertiary/aromatic N) is 4. The molecule has 104 valence electrons. The Labute approximate surface area is 117 Å². The molecule has 20 heavy (non-hydrogen) atoms. The van der Waals surface area contributed by atoms with Gasteiger partial charge in [0.1, 0.15) is 5.82 Å². The highest BCUT2D eigenvalue weighted by Gasteiger charge is 2.13. The van der Waals surface area contributed by atoms with Crippen molar-refractivity contribution in [2.75, 3.05) is 0 Å². The second-order valence-corrected chi connectivity index (χ2v) is 4.73. The SMILES string of the molecule is CCn1ccnc1Cn1c(=O)n(CC)c2ccccc21. The number of imidazole rings is 2. The summed E-state index contributed by atoms with van der Waals surface area (Å²) in [4.78, 5) is 16.9. The van der Waals surface area contributed by atoms with E-state index in [9.17, 15) is 4.79 Å². The van der Waals surface area contributed by atoms with Gasteiger partial charge in [-0.15, -0.1) is 0 Å². The third kappa shape index (κ3) is 1.86. The average molecular weight is 270 g/mol. The molecule has 0 radical (unpaired) electrons. The van der Waals surface area contributed by atoms with Gasteiger partial charge in [0.05, 0.1) is 17.6 Å². The van der Waals surface area contributed by atoms with E-state index in [4.69, 9.17) is 0 Å². The van der Waals surface area contributed by atoms with Crippen LogP contribution in [-0.2, 0) is 19.6 Å². The number of aromatic nitrogens is 4. The molecule has 5 nitrogen and oxygen atoms in total. The summed E-state index contributed by atoms with van der Waals surface area (Å²) in [5.74, 6) is 0.911. The fourth-order valence-corrected chi connectivity index (χ4v) is 2.65. The van der Waals surface area contributed by atoms with Crippen molar-refractivity contribution in [3.05, 3.63) is 53.0 Å². The molecule has 3 aromatic rings. The largest absolute Gasteiger partial charge is 0.334 e. The molecule has 0 spiro atoms. The molecule has 1 aromatic carbocycles. The fraction of sp³-hybridized carbons (Fsp3) is 0.333. The van der Waals surface area contributed by atoms with E-state index in [0.29, 0.717) is 13.1 Å². The normalized spacial score (nSPS) is 11.3. The van der Waals surface area contributed by atoms with Crippen molar-refractivity contribution in [1.82, 2.24) is 18.7 Å². The van der Waals surface area contributed by atoms with Gasteiger partial charge in [0.2, 0.25) is 0 Å². The van der Waals surface area contributed by atoms with Crippen molar-refractivity contribution in [2.45, 2.75) is 33.5 Å². The van der Waals surface area contributed by atoms with Crippen LogP contribution in [0.25, 0.3) is 11.0 Å². The molecule has 0 aliphatic rings. The molecule has 2 aromatic heterocycles. The van der Waals surface area contributed by atoms with Gasteiger partial charge in [0.15, 0.2) is 0 Å². The first kappa shape index (κ1) is 12.7. The number of rotatable bonds is 4. The van der Waals surface area contributed by atoms with Crippen LogP contribution in [0.5, 0.6) is 0 Å². The Morgan fingerprint density at radius 3 is 2.40 bits per heavy atom. The quantitative estimate of drug-likeness (QED) is 0.728. The minimum atomic E-state index is 0.0272. The lowest BCUT2D eigenvalue weighted by atomic mass is 10.3. The molecular weight excluding hydrogens is 252 g/mol. The van der Waals surface area contributed by atoms with Gasteiger partial charge in [0, 0.05) is 25.5 Å². The topological polar surface area (TPSA) is 44.8 Å². The highest BCUT2D eigenvalue weighted by atomic mass is 16.1. The van der Waals surface area contributed by atoms with E-state index in [1.54, 1.807) is 15.3 Å². The molecule has 3 rings (SSSR count). The zero-order valence-corrected chi connectivity index (χ0v) is 11.8. The van der Waals surface area contributed by atoms with E-state index >= 15 is 0 Å². The van der Waals surface area contributed by atoms with Crippen LogP contribution < -0.4 is 5.69 Å². The first-order valence-electron chi connectivity index (χ1n) is 6.94. The molecule has 0 N–H and O–H groups in total. The van der Waals surface area contributed by atoms with Crippen LogP contribution >= 0.6 is 0 Å². The van der Waals surface area contributed by atoms with Crippen LogP contribution in [-0.4, -0.2) is 18.7 Å². The number of para-hydroxylation sites is 2. The van der Waals surface area contributed by atoms with Crippen molar-refractivity contribution in [3.8, 4) is 0 Å². The van der Waals surface area contributed by atoms with Crippen LogP contribution in [0, 0.1) is 0 Å². The molecule has 0 atom stereocenters. The molecule has 0 saturated heterocycles. The third-order valence-electron chi connectivity index (χ3n) is 3.68. The van der Waals surface area contributed by atoms with Gasteiger partial charge in [-0.2, -0.15) is 0 Å². The Balaban J connectivity index is 2.17. The Hall–Kier alpha value is -2.30. The van der Waals surface area contributed by atoms with E-state index < -0.39 is 0 Å². The summed E-state index contributed by atoms with van der Waals surface area (Å²) in [7, 11) is 0. The molecule has 2 heterocycles. The van der Waals surface area contributed by atoms with E-state index in [2.05, 4.69) is 16.5 Å². The fourth-order valence-electron chi connectivity index (χ4n) is 2.65. The lowest BCUT2D eigenvalue weighted by molar-refractivity contribution is 0.626. The van der Waals surface area contributed by atoms with Gasteiger partial charge in [-0.3, -0.25) is 9.13 Å². The first-order chi connectivity index (χ1) is 9.76. The third-order valence-corrected chi connectivity index (χ3v) is 3.68. The Bertz CT molecular complexity index is 794. The van der Waals surface area contributed by atoms with Crippen molar-refractivity contribution < 1.29 is 0 Å². The van der Waals surface area contributed by atoms with Gasteiger partial charge < -0.3 is 4.57 Å². The zero-order valence-electron chi connectivity index (χ0n) is 11.8. The molecular formula is C15H18N4O. The van der Waals surface area contributed by atoms with Crippen molar-refractivity contribution in [3.63, 3.8) is 0 Å². The second kappa shape index (κ2) is 5.00. The summed E-state index contributed by atoms with van der Waals surface area (Å²) in [5.41, 5.74) is 1.97. The van der Waals surface area contributed by atoms with Crippen LogP contribution in [0.1, 0.15) is 19.7 Å². The van der Waals surface area contributed by atoms with Gasteiger partial charge in [0.25, 0.3) is 0 Å². The van der Waals surface area contributed by atoms with Gasteiger partial charge in [-0.05, 0) is 26.0 Å². The summed E-state index contributed by atoms with van der Waals surface area (Å²) < 4.78 is 5.66. The molecule has 0 bridgehead atoms. The zero-order chi connectivity index (χ0) is 14.1. The molecule has 0 unspecified atom stereocenters. The van der Waals surface area contributed by atoms with Crippen molar-refractivity contribution in [2.24, 2.45) is 0 Å². The standard InChI is InChI=1S/C15H18N4O/c1-3-17-10-9-16-14(17)11-19-13-8-6-5-7-12(13)18(4-2)15(19)20/h5-10H,3-4,11H2,1-2H3. The van der Waals surface area contributed by atoms with E-state index in [1.165, 1.54) is 0 Å². The highest BCUT2D eigenvalue weighted by molar-refractivity contribution is 5.76. The Kier molecular flexibility index (Phi) is 3.18. The minimum absolute atomic E-state index is 0.0272. The predicted molar refractivity (Wildman–Crippen MR) is 78.9 cm³/mol. The molecule has 0 saturated carbocycles. The predicted octanol–water partition coefficient (Wildman–Crippen LogP) is 2.09. The van der Waals surface area contributed by atoms with Gasteiger partial charge >= 0.3 is 5.69 Å². The Morgan fingerprint density at radius 1 is 1.05 bits per heavy atom. The summed E-state index contributed by atoms with van der Waals surface area (Å²) in [6.07, 6.45) is 3.72. The molecule has 0 aliphatic heterocycles. The van der Waals surface area contributed by atoms with Crippen molar-refractivity contribution >= 4 is 11.0 Å². The van der Waals surface area contributed by atoms with E-state index in [0.717, 1.165) is 23.4 Å². The van der Waals surface area contributed by atoms with Crippen LogP contribution in [0.4, 0.5) is 0 Å². The number of aryl methyl sites for hydroxylation is 2. The summed E-state index contributed by atoms with van der Waals surface area (Å²) in [6, 6.07) is 7.90. The maximum atomic E-state index is 12.5. The van der Waals surface area contributed by atoms with Crippen LogP contribution in [0.2, 0.25) is 0 Å². The maximum Gasteiger partial charge on any atom is 0.329 e. The lowest BCUT2D eigenvalue weighted by Gasteiger charge is -2.05. The Morgan fingerprint density at radius 2 is 1.75 bits per heavy atom. The maximum absolute atomic E-state index is 12.5. The number of benzene rings is 1. The first-order valence-corrected chi connectivity index (χ1v) is 6.94. The summed E-state index contributed by atoms with van der Waals surface area (Å²) in [6.45, 7) is 6.10. The van der Waals surface area contributed by atoms with E-state index in [-0.39, 0.29) is 5.69 Å². The van der Waals surface area contributed by atoms with Gasteiger partial charge in [-0.25, -0.2) is 9.78 Å². The summed E-state index contributed by atoms with van der Waals surface area (Å²) >= 11 is 0. The monoisotopic (exact) mass is 270 g/mol.